The molecule has 0 radical (unpaired) electrons. The molecule has 0 saturated carbocycles. The first-order chi connectivity index (χ1) is 13.6. The van der Waals surface area contributed by atoms with Crippen molar-refractivity contribution >= 4 is 17.6 Å². The Morgan fingerprint density at radius 1 is 1.11 bits per heavy atom. The predicted octanol–water partition coefficient (Wildman–Crippen LogP) is 1.95. The van der Waals surface area contributed by atoms with Gasteiger partial charge in [-0.2, -0.15) is 0 Å². The number of pyridine rings is 1. The van der Waals surface area contributed by atoms with E-state index in [1.165, 1.54) is 0 Å². The molecule has 2 aromatic rings. The molecule has 1 fully saturated rings. The van der Waals surface area contributed by atoms with Gasteiger partial charge >= 0.3 is 0 Å². The van der Waals surface area contributed by atoms with E-state index in [2.05, 4.69) is 15.2 Å². The Balaban J connectivity index is 1.56. The largest absolute Gasteiger partial charge is 0.493 e. The first-order valence-corrected chi connectivity index (χ1v) is 9.57. The number of nitrogens with one attached hydrogen (secondary N) is 1. The summed E-state index contributed by atoms with van der Waals surface area (Å²) >= 11 is 0. The number of carbonyl (C=O) groups is 2. The Hall–Kier alpha value is -3.09. The van der Waals surface area contributed by atoms with Gasteiger partial charge in [0.1, 0.15) is 17.6 Å². The Labute approximate surface area is 165 Å². The molecule has 2 amide bonds. The molecule has 7 heteroatoms. The maximum absolute atomic E-state index is 12.8. The zero-order valence-corrected chi connectivity index (χ0v) is 16.3. The van der Waals surface area contributed by atoms with E-state index in [1.54, 1.807) is 36.2 Å². The monoisotopic (exact) mass is 382 g/mol. The highest BCUT2D eigenvalue weighted by molar-refractivity contribution is 5.99. The van der Waals surface area contributed by atoms with Gasteiger partial charge in [-0.1, -0.05) is 18.2 Å². The standard InChI is InChI=1S/C21H26N4O3/c1-3-28-18-9-5-4-8-17(18)20(26)23-16(2)21(27)25-14-12-24(13-15-25)19-10-6-7-11-22-19/h4-11,16H,3,12-15H2,1-2H3,(H,23,26)/t16-/m1/s1. The van der Waals surface area contributed by atoms with E-state index in [1.807, 2.05) is 31.2 Å². The molecule has 148 valence electrons. The molecule has 1 aliphatic rings. The molecular formula is C21H26N4O3. The van der Waals surface area contributed by atoms with Crippen LogP contribution in [0.1, 0.15) is 24.2 Å². The number of anilines is 1. The molecule has 1 saturated heterocycles. The fourth-order valence-corrected chi connectivity index (χ4v) is 3.24. The van der Waals surface area contributed by atoms with Gasteiger partial charge in [0.25, 0.3) is 5.91 Å². The topological polar surface area (TPSA) is 74.8 Å². The molecule has 0 spiro atoms. The van der Waals surface area contributed by atoms with Crippen molar-refractivity contribution in [1.82, 2.24) is 15.2 Å². The Morgan fingerprint density at radius 3 is 2.50 bits per heavy atom. The molecule has 0 unspecified atom stereocenters. The molecule has 1 aromatic heterocycles. The highest BCUT2D eigenvalue weighted by Gasteiger charge is 2.27. The highest BCUT2D eigenvalue weighted by atomic mass is 16.5. The van der Waals surface area contributed by atoms with Gasteiger partial charge in [-0.15, -0.1) is 0 Å². The minimum absolute atomic E-state index is 0.0806. The molecule has 28 heavy (non-hydrogen) atoms. The van der Waals surface area contributed by atoms with Crippen LogP contribution in [0.5, 0.6) is 5.75 Å². The van der Waals surface area contributed by atoms with E-state index < -0.39 is 6.04 Å². The third-order valence-corrected chi connectivity index (χ3v) is 4.71. The SMILES string of the molecule is CCOc1ccccc1C(=O)N[C@H](C)C(=O)N1CCN(c2ccccn2)CC1. The van der Waals surface area contributed by atoms with Crippen LogP contribution in [0.15, 0.2) is 48.7 Å². The van der Waals surface area contributed by atoms with Gasteiger partial charge in [-0.25, -0.2) is 4.98 Å². The number of carbonyl (C=O) groups excluding carboxylic acids is 2. The minimum atomic E-state index is -0.608. The lowest BCUT2D eigenvalue weighted by atomic mass is 10.1. The van der Waals surface area contributed by atoms with Crippen LogP contribution >= 0.6 is 0 Å². The second kappa shape index (κ2) is 9.21. The van der Waals surface area contributed by atoms with Crippen LogP contribution in [0, 0.1) is 0 Å². The quantitative estimate of drug-likeness (QED) is 0.827. The third-order valence-electron chi connectivity index (χ3n) is 4.71. The normalized spacial score (nSPS) is 15.1. The molecule has 1 aromatic carbocycles. The van der Waals surface area contributed by atoms with Gasteiger partial charge in [-0.05, 0) is 38.1 Å². The van der Waals surface area contributed by atoms with Crippen molar-refractivity contribution in [3.8, 4) is 5.75 Å². The number of benzene rings is 1. The van der Waals surface area contributed by atoms with Crippen molar-refractivity contribution in [1.29, 1.82) is 0 Å². The molecule has 3 rings (SSSR count). The van der Waals surface area contributed by atoms with Gasteiger partial charge in [0.2, 0.25) is 5.91 Å². The fraction of sp³-hybridized carbons (Fsp3) is 0.381. The lowest BCUT2D eigenvalue weighted by Crippen LogP contribution is -2.54. The molecule has 0 aliphatic carbocycles. The van der Waals surface area contributed by atoms with Crippen LogP contribution < -0.4 is 15.0 Å². The first-order valence-electron chi connectivity index (χ1n) is 9.57. The number of piperazine rings is 1. The van der Waals surface area contributed by atoms with E-state index in [0.717, 1.165) is 18.9 Å². The maximum atomic E-state index is 12.8. The number of rotatable bonds is 6. The van der Waals surface area contributed by atoms with E-state index in [-0.39, 0.29) is 11.8 Å². The Bertz CT molecular complexity index is 804. The number of amides is 2. The summed E-state index contributed by atoms with van der Waals surface area (Å²) in [4.78, 5) is 33.7. The van der Waals surface area contributed by atoms with E-state index in [0.29, 0.717) is 31.0 Å². The second-order valence-electron chi connectivity index (χ2n) is 6.62. The average molecular weight is 382 g/mol. The van der Waals surface area contributed by atoms with Crippen LogP contribution in [0.2, 0.25) is 0 Å². The van der Waals surface area contributed by atoms with Crippen LogP contribution in [0.4, 0.5) is 5.82 Å². The smallest absolute Gasteiger partial charge is 0.255 e. The van der Waals surface area contributed by atoms with Crippen molar-refractivity contribution < 1.29 is 14.3 Å². The second-order valence-corrected chi connectivity index (χ2v) is 6.62. The third kappa shape index (κ3) is 4.60. The number of nitrogens with zero attached hydrogens (tertiary/aromatic N) is 3. The predicted molar refractivity (Wildman–Crippen MR) is 108 cm³/mol. The zero-order chi connectivity index (χ0) is 19.9. The highest BCUT2D eigenvalue weighted by Crippen LogP contribution is 2.18. The van der Waals surface area contributed by atoms with Crippen molar-refractivity contribution in [3.63, 3.8) is 0 Å². The van der Waals surface area contributed by atoms with Crippen LogP contribution in [-0.2, 0) is 4.79 Å². The van der Waals surface area contributed by atoms with Crippen LogP contribution in [-0.4, -0.2) is 60.5 Å². The number of hydrogen-bond acceptors (Lipinski definition) is 5. The minimum Gasteiger partial charge on any atom is -0.493 e. The zero-order valence-electron chi connectivity index (χ0n) is 16.3. The Kier molecular flexibility index (Phi) is 6.47. The average Bonchev–Trinajstić information content (AvgIpc) is 2.74. The summed E-state index contributed by atoms with van der Waals surface area (Å²) in [5.41, 5.74) is 0.434. The van der Waals surface area contributed by atoms with E-state index >= 15 is 0 Å². The first kappa shape index (κ1) is 19.7. The van der Waals surface area contributed by atoms with Crippen LogP contribution in [0.3, 0.4) is 0 Å². The molecule has 1 N–H and O–H groups in total. The summed E-state index contributed by atoms with van der Waals surface area (Å²) in [5, 5.41) is 2.80. The lowest BCUT2D eigenvalue weighted by Gasteiger charge is -2.36. The number of hydrogen-bond donors (Lipinski definition) is 1. The lowest BCUT2D eigenvalue weighted by molar-refractivity contribution is -0.133. The van der Waals surface area contributed by atoms with Crippen molar-refractivity contribution in [3.05, 3.63) is 54.2 Å². The van der Waals surface area contributed by atoms with Gasteiger partial charge in [0.05, 0.1) is 12.2 Å². The summed E-state index contributed by atoms with van der Waals surface area (Å²) in [7, 11) is 0. The van der Waals surface area contributed by atoms with Gasteiger partial charge in [0.15, 0.2) is 0 Å². The van der Waals surface area contributed by atoms with E-state index in [9.17, 15) is 9.59 Å². The van der Waals surface area contributed by atoms with E-state index in [4.69, 9.17) is 4.74 Å². The van der Waals surface area contributed by atoms with Crippen LogP contribution in [0.25, 0.3) is 0 Å². The fourth-order valence-electron chi connectivity index (χ4n) is 3.24. The summed E-state index contributed by atoms with van der Waals surface area (Å²) < 4.78 is 5.50. The van der Waals surface area contributed by atoms with Gasteiger partial charge in [-0.3, -0.25) is 9.59 Å². The molecule has 7 nitrogen and oxygen atoms in total. The molecule has 1 atom stereocenters. The molecule has 2 heterocycles. The number of para-hydroxylation sites is 1. The van der Waals surface area contributed by atoms with Crippen molar-refractivity contribution in [2.45, 2.75) is 19.9 Å². The van der Waals surface area contributed by atoms with Gasteiger partial charge < -0.3 is 19.9 Å². The summed E-state index contributed by atoms with van der Waals surface area (Å²) in [6, 6.07) is 12.2. The van der Waals surface area contributed by atoms with Gasteiger partial charge in [0, 0.05) is 32.4 Å². The van der Waals surface area contributed by atoms with Crippen molar-refractivity contribution in [2.24, 2.45) is 0 Å². The number of ether oxygens (including phenoxy) is 1. The molecular weight excluding hydrogens is 356 g/mol. The Morgan fingerprint density at radius 2 is 1.82 bits per heavy atom. The summed E-state index contributed by atoms with van der Waals surface area (Å²) in [6.45, 7) is 6.70. The van der Waals surface area contributed by atoms with Crippen molar-refractivity contribution in [2.75, 3.05) is 37.7 Å². The molecule has 1 aliphatic heterocycles. The number of aromatic nitrogens is 1. The molecule has 0 bridgehead atoms. The summed E-state index contributed by atoms with van der Waals surface area (Å²) in [6.07, 6.45) is 1.77. The summed E-state index contributed by atoms with van der Waals surface area (Å²) in [5.74, 6) is 1.05. The maximum Gasteiger partial charge on any atom is 0.255 e.